The minimum Gasteiger partial charge on any atom is -0.504 e. The second-order valence-corrected chi connectivity index (χ2v) is 9.30. The molecule has 2 aromatic carbocycles. The molecule has 2 unspecified atom stereocenters. The van der Waals surface area contributed by atoms with Crippen LogP contribution in [0, 0.1) is 5.92 Å². The van der Waals surface area contributed by atoms with E-state index in [0.29, 0.717) is 23.1 Å². The highest BCUT2D eigenvalue weighted by Gasteiger charge is 2.65. The van der Waals surface area contributed by atoms with Crippen molar-refractivity contribution in [1.82, 2.24) is 0 Å². The van der Waals surface area contributed by atoms with Crippen molar-refractivity contribution in [2.75, 3.05) is 0 Å². The first-order valence-electron chi connectivity index (χ1n) is 9.20. The molecular formula is C22H24O6. The number of phenolic OH excluding ortho intramolecular Hbond substituents is 4. The third-order valence-corrected chi connectivity index (χ3v) is 6.80. The summed E-state index contributed by atoms with van der Waals surface area (Å²) in [5.41, 5.74) is 0.377. The molecule has 2 atom stereocenters. The van der Waals surface area contributed by atoms with Gasteiger partial charge in [0.1, 0.15) is 0 Å². The molecule has 0 amide bonds. The molecule has 4 rings (SSSR count). The van der Waals surface area contributed by atoms with Crippen molar-refractivity contribution in [3.63, 3.8) is 0 Å². The molecule has 6 heteroatoms. The van der Waals surface area contributed by atoms with Crippen molar-refractivity contribution in [2.24, 2.45) is 5.92 Å². The highest BCUT2D eigenvalue weighted by Crippen LogP contribution is 2.67. The number of phenols is 4. The van der Waals surface area contributed by atoms with Gasteiger partial charge in [-0.05, 0) is 58.4 Å². The number of carboxylic acid groups (broad SMARTS) is 1. The lowest BCUT2D eigenvalue weighted by molar-refractivity contribution is -0.146. The van der Waals surface area contributed by atoms with Crippen LogP contribution in [0.3, 0.4) is 0 Å². The molecule has 5 N–H and O–H groups in total. The fourth-order valence-electron chi connectivity index (χ4n) is 5.82. The average Bonchev–Trinajstić information content (AvgIpc) is 2.88. The molecule has 1 spiro atoms. The lowest BCUT2D eigenvalue weighted by Crippen LogP contribution is -2.43. The van der Waals surface area contributed by atoms with Crippen molar-refractivity contribution in [1.29, 1.82) is 0 Å². The highest BCUT2D eigenvalue weighted by molar-refractivity contribution is 5.82. The molecule has 0 heterocycles. The minimum absolute atomic E-state index is 0.248. The lowest BCUT2D eigenvalue weighted by Gasteiger charge is -2.37. The van der Waals surface area contributed by atoms with Gasteiger partial charge in [-0.25, -0.2) is 0 Å². The Hall–Kier alpha value is -2.89. The zero-order chi connectivity index (χ0) is 20.8. The number of carbonyl (C=O) groups is 1. The Kier molecular flexibility index (Phi) is 3.38. The quantitative estimate of drug-likeness (QED) is 0.481. The van der Waals surface area contributed by atoms with Crippen molar-refractivity contribution in [2.45, 2.75) is 50.4 Å². The summed E-state index contributed by atoms with van der Waals surface area (Å²) in [6.45, 7) is 7.59. The molecule has 0 saturated heterocycles. The van der Waals surface area contributed by atoms with E-state index in [4.69, 9.17) is 0 Å². The zero-order valence-corrected chi connectivity index (χ0v) is 16.2. The molecule has 2 aromatic rings. The van der Waals surface area contributed by atoms with Crippen molar-refractivity contribution in [3.05, 3.63) is 46.5 Å². The number of aromatic hydroxyl groups is 4. The molecule has 0 radical (unpaired) electrons. The van der Waals surface area contributed by atoms with Crippen LogP contribution in [0.1, 0.15) is 56.4 Å². The predicted octanol–water partition coefficient (Wildman–Crippen LogP) is 3.47. The maximum absolute atomic E-state index is 12.6. The SMILES string of the molecule is CC1(C)CC2(c3cc(O)c(O)cc31)c1cc(O)c(O)cc1C(C)(C)C2C(=O)O. The summed E-state index contributed by atoms with van der Waals surface area (Å²) < 4.78 is 0. The molecule has 6 nitrogen and oxygen atoms in total. The van der Waals surface area contributed by atoms with Gasteiger partial charge >= 0.3 is 5.97 Å². The summed E-state index contributed by atoms with van der Waals surface area (Å²) in [6.07, 6.45) is 0.426. The Morgan fingerprint density at radius 2 is 1.18 bits per heavy atom. The number of aliphatic carboxylic acids is 1. The highest BCUT2D eigenvalue weighted by atomic mass is 16.4. The van der Waals surface area contributed by atoms with Gasteiger partial charge in [-0.2, -0.15) is 0 Å². The molecular weight excluding hydrogens is 360 g/mol. The molecule has 148 valence electrons. The van der Waals surface area contributed by atoms with Gasteiger partial charge in [0, 0.05) is 10.8 Å². The summed E-state index contributed by atoms with van der Waals surface area (Å²) in [4.78, 5) is 12.6. The van der Waals surface area contributed by atoms with E-state index in [2.05, 4.69) is 0 Å². The Labute approximate surface area is 162 Å². The van der Waals surface area contributed by atoms with E-state index in [9.17, 15) is 30.3 Å². The van der Waals surface area contributed by atoms with Gasteiger partial charge in [-0.3, -0.25) is 4.79 Å². The lowest BCUT2D eigenvalue weighted by atomic mass is 9.64. The number of rotatable bonds is 1. The fourth-order valence-corrected chi connectivity index (χ4v) is 5.82. The Morgan fingerprint density at radius 1 is 0.786 bits per heavy atom. The van der Waals surface area contributed by atoms with Crippen molar-refractivity contribution < 1.29 is 30.3 Å². The van der Waals surface area contributed by atoms with Gasteiger partial charge in [0.15, 0.2) is 23.0 Å². The summed E-state index contributed by atoms with van der Waals surface area (Å²) in [6, 6.07) is 5.85. The zero-order valence-electron chi connectivity index (χ0n) is 16.2. The molecule has 2 aliphatic rings. The van der Waals surface area contributed by atoms with Gasteiger partial charge in [-0.15, -0.1) is 0 Å². The Morgan fingerprint density at radius 3 is 1.64 bits per heavy atom. The number of fused-ring (bicyclic) bond motifs is 4. The summed E-state index contributed by atoms with van der Waals surface area (Å²) >= 11 is 0. The first-order chi connectivity index (χ1) is 12.8. The predicted molar refractivity (Wildman–Crippen MR) is 102 cm³/mol. The smallest absolute Gasteiger partial charge is 0.308 e. The summed E-state index contributed by atoms with van der Waals surface area (Å²) in [5, 5.41) is 50.8. The Balaban J connectivity index is 2.17. The summed E-state index contributed by atoms with van der Waals surface area (Å²) in [7, 11) is 0. The van der Waals surface area contributed by atoms with Crippen LogP contribution in [0.25, 0.3) is 0 Å². The van der Waals surface area contributed by atoms with Gasteiger partial charge < -0.3 is 25.5 Å². The van der Waals surface area contributed by atoms with E-state index in [0.717, 1.165) is 5.56 Å². The van der Waals surface area contributed by atoms with E-state index in [1.807, 2.05) is 27.7 Å². The monoisotopic (exact) mass is 384 g/mol. The minimum atomic E-state index is -1.01. The Bertz CT molecular complexity index is 1020. The molecule has 0 fully saturated rings. The topological polar surface area (TPSA) is 118 Å². The van der Waals surface area contributed by atoms with Gasteiger partial charge in [0.05, 0.1) is 5.92 Å². The molecule has 0 saturated carbocycles. The first-order valence-corrected chi connectivity index (χ1v) is 9.20. The molecule has 2 aliphatic carbocycles. The van der Waals surface area contributed by atoms with E-state index >= 15 is 0 Å². The van der Waals surface area contributed by atoms with E-state index < -0.39 is 28.1 Å². The van der Waals surface area contributed by atoms with Crippen LogP contribution in [-0.2, 0) is 21.0 Å². The molecule has 0 bridgehead atoms. The molecule has 0 aliphatic heterocycles. The maximum atomic E-state index is 12.6. The van der Waals surface area contributed by atoms with Crippen molar-refractivity contribution in [3.8, 4) is 23.0 Å². The average molecular weight is 384 g/mol. The normalized spacial score (nSPS) is 26.2. The maximum Gasteiger partial charge on any atom is 0.308 e. The van der Waals surface area contributed by atoms with E-state index in [-0.39, 0.29) is 23.0 Å². The number of hydrogen-bond donors (Lipinski definition) is 5. The van der Waals surface area contributed by atoms with Crippen LogP contribution in [0.5, 0.6) is 23.0 Å². The van der Waals surface area contributed by atoms with Gasteiger partial charge in [0.25, 0.3) is 0 Å². The van der Waals surface area contributed by atoms with E-state index in [1.54, 1.807) is 0 Å². The van der Waals surface area contributed by atoms with Gasteiger partial charge in [0.2, 0.25) is 0 Å². The van der Waals surface area contributed by atoms with Crippen LogP contribution >= 0.6 is 0 Å². The fraction of sp³-hybridized carbons (Fsp3) is 0.409. The van der Waals surface area contributed by atoms with Crippen LogP contribution in [-0.4, -0.2) is 31.5 Å². The van der Waals surface area contributed by atoms with Crippen LogP contribution in [0.15, 0.2) is 24.3 Å². The first kappa shape index (κ1) is 18.5. The second-order valence-electron chi connectivity index (χ2n) is 9.30. The summed E-state index contributed by atoms with van der Waals surface area (Å²) in [5.74, 6) is -3.04. The molecule has 28 heavy (non-hydrogen) atoms. The number of hydrogen-bond acceptors (Lipinski definition) is 5. The third kappa shape index (κ3) is 2.00. The second kappa shape index (κ2) is 5.13. The molecule has 0 aromatic heterocycles. The third-order valence-electron chi connectivity index (χ3n) is 6.80. The van der Waals surface area contributed by atoms with Crippen LogP contribution < -0.4 is 0 Å². The van der Waals surface area contributed by atoms with Crippen LogP contribution in [0.4, 0.5) is 0 Å². The number of benzene rings is 2. The largest absolute Gasteiger partial charge is 0.504 e. The standard InChI is InChI=1S/C22H24O6/c1-20(2)9-22(12-7-16(25)14(23)5-10(12)20)13-8-17(26)15(24)6-11(13)21(3,4)18(22)19(27)28/h5-8,18,23-26H,9H2,1-4H3,(H,27,28). The van der Waals surface area contributed by atoms with E-state index in [1.165, 1.54) is 24.3 Å². The van der Waals surface area contributed by atoms with Crippen LogP contribution in [0.2, 0.25) is 0 Å². The van der Waals surface area contributed by atoms with Gasteiger partial charge in [-0.1, -0.05) is 27.7 Å². The number of carboxylic acids is 1. The van der Waals surface area contributed by atoms with Crippen molar-refractivity contribution >= 4 is 5.97 Å².